The summed E-state index contributed by atoms with van der Waals surface area (Å²) in [6, 6.07) is 7.55. The Labute approximate surface area is 163 Å². The normalized spacial score (nSPS) is 14.8. The van der Waals surface area contributed by atoms with Gasteiger partial charge < -0.3 is 15.5 Å². The van der Waals surface area contributed by atoms with Crippen molar-refractivity contribution >= 4 is 23.2 Å². The lowest BCUT2D eigenvalue weighted by Gasteiger charge is -2.21. The Bertz CT molecular complexity index is 597. The minimum Gasteiger partial charge on any atom is -0.371 e. The van der Waals surface area contributed by atoms with E-state index in [-0.39, 0.29) is 11.8 Å². The van der Waals surface area contributed by atoms with Crippen molar-refractivity contribution in [2.45, 2.75) is 77.7 Å². The summed E-state index contributed by atoms with van der Waals surface area (Å²) in [5, 5.41) is 5.95. The van der Waals surface area contributed by atoms with Crippen molar-refractivity contribution in [3.63, 3.8) is 0 Å². The van der Waals surface area contributed by atoms with Crippen molar-refractivity contribution in [2.24, 2.45) is 0 Å². The molecular formula is C22H35N3O2. The molecule has 150 valence electrons. The molecule has 1 unspecified atom stereocenters. The molecule has 2 amide bonds. The van der Waals surface area contributed by atoms with Crippen molar-refractivity contribution in [1.29, 1.82) is 0 Å². The van der Waals surface area contributed by atoms with Gasteiger partial charge in [0.25, 0.3) is 0 Å². The first-order valence-electron chi connectivity index (χ1n) is 10.6. The minimum atomic E-state index is -0.463. The fourth-order valence-electron chi connectivity index (χ4n) is 3.46. The number of unbranched alkanes of at least 4 members (excludes halogenated alkanes) is 3. The van der Waals surface area contributed by atoms with Crippen LogP contribution in [-0.2, 0) is 9.59 Å². The van der Waals surface area contributed by atoms with Gasteiger partial charge in [-0.05, 0) is 43.9 Å². The third-order valence-electron chi connectivity index (χ3n) is 5.09. The summed E-state index contributed by atoms with van der Waals surface area (Å²) in [5.74, 6) is -0.142. The van der Waals surface area contributed by atoms with Crippen molar-refractivity contribution in [3.8, 4) is 0 Å². The zero-order valence-electron chi connectivity index (χ0n) is 16.9. The highest BCUT2D eigenvalue weighted by molar-refractivity contribution is 5.97. The van der Waals surface area contributed by atoms with Crippen LogP contribution in [0, 0.1) is 0 Å². The number of nitrogens with zero attached hydrogens (tertiary/aromatic N) is 1. The highest BCUT2D eigenvalue weighted by Gasteiger charge is 2.21. The van der Waals surface area contributed by atoms with Crippen LogP contribution < -0.4 is 15.5 Å². The fourth-order valence-corrected chi connectivity index (χ4v) is 3.46. The maximum absolute atomic E-state index is 12.8. The maximum atomic E-state index is 12.8. The lowest BCUT2D eigenvalue weighted by Crippen LogP contribution is -2.43. The van der Waals surface area contributed by atoms with E-state index >= 15 is 0 Å². The zero-order chi connectivity index (χ0) is 19.5. The molecule has 0 aliphatic carbocycles. The molecule has 1 aromatic rings. The third-order valence-corrected chi connectivity index (χ3v) is 5.09. The zero-order valence-corrected chi connectivity index (χ0v) is 16.9. The van der Waals surface area contributed by atoms with Crippen molar-refractivity contribution in [2.75, 3.05) is 23.3 Å². The Kier molecular flexibility index (Phi) is 9.16. The van der Waals surface area contributed by atoms with E-state index in [0.29, 0.717) is 12.8 Å². The van der Waals surface area contributed by atoms with Gasteiger partial charge in [-0.25, -0.2) is 0 Å². The molecule has 1 aliphatic heterocycles. The Morgan fingerprint density at radius 3 is 2.52 bits per heavy atom. The molecule has 1 aliphatic rings. The van der Waals surface area contributed by atoms with Gasteiger partial charge >= 0.3 is 0 Å². The molecule has 0 radical (unpaired) electrons. The van der Waals surface area contributed by atoms with Gasteiger partial charge in [0.1, 0.15) is 6.04 Å². The molecule has 0 spiro atoms. The van der Waals surface area contributed by atoms with Crippen LogP contribution in [0.2, 0.25) is 0 Å². The van der Waals surface area contributed by atoms with Crippen LogP contribution in [0.25, 0.3) is 0 Å². The monoisotopic (exact) mass is 373 g/mol. The van der Waals surface area contributed by atoms with Crippen molar-refractivity contribution in [1.82, 2.24) is 5.32 Å². The number of anilines is 2. The second kappa shape index (κ2) is 11.6. The van der Waals surface area contributed by atoms with Crippen LogP contribution in [0.1, 0.15) is 71.6 Å². The van der Waals surface area contributed by atoms with Gasteiger partial charge in [0.2, 0.25) is 11.8 Å². The lowest BCUT2D eigenvalue weighted by molar-refractivity contribution is -0.126. The molecule has 0 saturated carbocycles. The number of nitrogens with one attached hydrogen (secondary N) is 2. The maximum Gasteiger partial charge on any atom is 0.246 e. The smallest absolute Gasteiger partial charge is 0.246 e. The molecule has 2 rings (SSSR count). The van der Waals surface area contributed by atoms with Crippen LogP contribution in [-0.4, -0.2) is 30.9 Å². The van der Waals surface area contributed by atoms with Gasteiger partial charge in [-0.15, -0.1) is 0 Å². The van der Waals surface area contributed by atoms with E-state index in [4.69, 9.17) is 0 Å². The Morgan fingerprint density at radius 2 is 1.81 bits per heavy atom. The summed E-state index contributed by atoms with van der Waals surface area (Å²) in [4.78, 5) is 27.3. The quantitative estimate of drug-likeness (QED) is 0.562. The summed E-state index contributed by atoms with van der Waals surface area (Å²) in [6.45, 7) is 6.36. The minimum absolute atomic E-state index is 0.0227. The van der Waals surface area contributed by atoms with Gasteiger partial charge in [-0.2, -0.15) is 0 Å². The van der Waals surface area contributed by atoms with Crippen LogP contribution in [0.3, 0.4) is 0 Å². The highest BCUT2D eigenvalue weighted by Crippen LogP contribution is 2.23. The Hall–Kier alpha value is -2.04. The predicted octanol–water partition coefficient (Wildman–Crippen LogP) is 4.48. The van der Waals surface area contributed by atoms with E-state index < -0.39 is 6.04 Å². The number of hydrogen-bond donors (Lipinski definition) is 2. The molecular weight excluding hydrogens is 338 g/mol. The average Bonchev–Trinajstić information content (AvgIpc) is 3.20. The molecule has 1 saturated heterocycles. The molecule has 5 nitrogen and oxygen atoms in total. The van der Waals surface area contributed by atoms with Gasteiger partial charge in [-0.1, -0.05) is 45.6 Å². The number of rotatable bonds is 11. The first-order chi connectivity index (χ1) is 13.1. The fraction of sp³-hybridized carbons (Fsp3) is 0.636. The van der Waals surface area contributed by atoms with Gasteiger partial charge in [0.05, 0.1) is 0 Å². The van der Waals surface area contributed by atoms with Crippen LogP contribution in [0.4, 0.5) is 11.4 Å². The number of carbonyl (C=O) groups excluding carboxylic acids is 2. The number of amides is 2. The van der Waals surface area contributed by atoms with E-state index in [1.54, 1.807) is 0 Å². The Balaban J connectivity index is 1.95. The summed E-state index contributed by atoms with van der Waals surface area (Å²) < 4.78 is 0. The molecule has 1 heterocycles. The lowest BCUT2D eigenvalue weighted by atomic mass is 10.1. The molecule has 1 aromatic carbocycles. The summed E-state index contributed by atoms with van der Waals surface area (Å²) in [7, 11) is 0. The molecule has 0 bridgehead atoms. The van der Waals surface area contributed by atoms with E-state index in [1.807, 2.05) is 18.2 Å². The van der Waals surface area contributed by atoms with E-state index in [1.165, 1.54) is 12.8 Å². The van der Waals surface area contributed by atoms with Gasteiger partial charge in [0, 0.05) is 30.9 Å². The molecule has 5 heteroatoms. The van der Waals surface area contributed by atoms with E-state index in [0.717, 1.165) is 56.6 Å². The van der Waals surface area contributed by atoms with Crippen LogP contribution >= 0.6 is 0 Å². The van der Waals surface area contributed by atoms with Crippen molar-refractivity contribution < 1.29 is 9.59 Å². The van der Waals surface area contributed by atoms with E-state index in [9.17, 15) is 9.59 Å². The first-order valence-corrected chi connectivity index (χ1v) is 10.6. The summed E-state index contributed by atoms with van der Waals surface area (Å²) in [6.07, 6.45) is 8.54. The van der Waals surface area contributed by atoms with Gasteiger partial charge in [0.15, 0.2) is 0 Å². The van der Waals surface area contributed by atoms with Crippen LogP contribution in [0.5, 0.6) is 0 Å². The summed E-state index contributed by atoms with van der Waals surface area (Å²) in [5.41, 5.74) is 1.95. The average molecular weight is 374 g/mol. The Morgan fingerprint density at radius 1 is 1.07 bits per heavy atom. The molecule has 1 atom stereocenters. The topological polar surface area (TPSA) is 61.4 Å². The number of carbonyl (C=O) groups is 2. The van der Waals surface area contributed by atoms with E-state index in [2.05, 4.69) is 35.4 Å². The first kappa shape index (κ1) is 21.3. The second-order valence-electron chi connectivity index (χ2n) is 7.45. The second-order valence-corrected chi connectivity index (χ2v) is 7.45. The van der Waals surface area contributed by atoms with Crippen molar-refractivity contribution in [3.05, 3.63) is 24.3 Å². The molecule has 1 fully saturated rings. The molecule has 0 aromatic heterocycles. The molecule has 2 N–H and O–H groups in total. The van der Waals surface area contributed by atoms with Gasteiger partial charge in [-0.3, -0.25) is 9.59 Å². The SMILES string of the molecule is CCCCCC(=O)NC(CCCC)C(=O)Nc1cccc(N2CCCC2)c1. The predicted molar refractivity (Wildman–Crippen MR) is 112 cm³/mol. The number of benzene rings is 1. The number of hydrogen-bond acceptors (Lipinski definition) is 3. The molecule has 27 heavy (non-hydrogen) atoms. The highest BCUT2D eigenvalue weighted by atomic mass is 16.2. The summed E-state index contributed by atoms with van der Waals surface area (Å²) >= 11 is 0. The third kappa shape index (κ3) is 7.24. The van der Waals surface area contributed by atoms with Crippen LogP contribution in [0.15, 0.2) is 24.3 Å². The largest absolute Gasteiger partial charge is 0.371 e. The standard InChI is InChI=1S/C22H35N3O2/c1-3-5-7-14-21(26)24-20(13-6-4-2)22(27)23-18-11-10-12-19(17-18)25-15-8-9-16-25/h10-12,17,20H,3-9,13-16H2,1-2H3,(H,23,27)(H,24,26).